The lowest BCUT2D eigenvalue weighted by Gasteiger charge is -2.12. The maximum absolute atomic E-state index is 4.37. The van der Waals surface area contributed by atoms with Crippen LogP contribution in [0.5, 0.6) is 0 Å². The third-order valence-corrected chi connectivity index (χ3v) is 1.79. The fourth-order valence-electron chi connectivity index (χ4n) is 0.993. The second-order valence-electron chi connectivity index (χ2n) is 3.04. The van der Waals surface area contributed by atoms with E-state index in [0.717, 1.165) is 23.9 Å². The molecule has 0 fully saturated rings. The zero-order chi connectivity index (χ0) is 9.84. The van der Waals surface area contributed by atoms with Gasteiger partial charge in [0.2, 0.25) is 5.95 Å². The van der Waals surface area contributed by atoms with Crippen molar-refractivity contribution in [2.45, 2.75) is 13.3 Å². The molecular formula is C9H16N4. The van der Waals surface area contributed by atoms with Gasteiger partial charge in [-0.3, -0.25) is 0 Å². The number of nitrogens with one attached hydrogen (secondary N) is 1. The van der Waals surface area contributed by atoms with Crippen LogP contribution in [0, 0.1) is 0 Å². The molecule has 1 rings (SSSR count). The highest BCUT2D eigenvalue weighted by atomic mass is 15.2. The molecule has 72 valence electrons. The van der Waals surface area contributed by atoms with Gasteiger partial charge in [-0.2, -0.15) is 4.98 Å². The van der Waals surface area contributed by atoms with Crippen LogP contribution in [0.4, 0.5) is 11.8 Å². The number of hydrogen-bond donors (Lipinski definition) is 1. The van der Waals surface area contributed by atoms with Crippen LogP contribution < -0.4 is 10.2 Å². The lowest BCUT2D eigenvalue weighted by molar-refractivity contribution is 0.941. The van der Waals surface area contributed by atoms with Crippen LogP contribution >= 0.6 is 0 Å². The normalized spacial score (nSPS) is 9.85. The van der Waals surface area contributed by atoms with Gasteiger partial charge in [0.1, 0.15) is 5.82 Å². The summed E-state index contributed by atoms with van der Waals surface area (Å²) in [6.45, 7) is 2.08. The predicted octanol–water partition coefficient (Wildman–Crippen LogP) is 1.15. The average molecular weight is 180 g/mol. The Labute approximate surface area is 79.0 Å². The first-order chi connectivity index (χ1) is 6.17. The number of nitrogens with zero attached hydrogens (tertiary/aromatic N) is 3. The molecule has 0 aliphatic carbocycles. The summed E-state index contributed by atoms with van der Waals surface area (Å²) in [7, 11) is 5.74. The van der Waals surface area contributed by atoms with Gasteiger partial charge < -0.3 is 10.2 Å². The molecule has 0 aliphatic rings. The van der Waals surface area contributed by atoms with Crippen molar-refractivity contribution in [3.8, 4) is 0 Å². The summed E-state index contributed by atoms with van der Waals surface area (Å²) in [6.07, 6.45) is 0.929. The summed E-state index contributed by atoms with van der Waals surface area (Å²) in [5.41, 5.74) is 1.06. The van der Waals surface area contributed by atoms with Crippen LogP contribution in [0.1, 0.15) is 12.6 Å². The van der Waals surface area contributed by atoms with Crippen molar-refractivity contribution in [3.05, 3.63) is 11.8 Å². The van der Waals surface area contributed by atoms with Gasteiger partial charge in [0.15, 0.2) is 0 Å². The Kier molecular flexibility index (Phi) is 3.06. The summed E-state index contributed by atoms with van der Waals surface area (Å²) >= 11 is 0. The SMILES string of the molecule is CCc1cc(NC)nc(N(C)C)n1. The van der Waals surface area contributed by atoms with Gasteiger partial charge in [0.05, 0.1) is 0 Å². The summed E-state index contributed by atoms with van der Waals surface area (Å²) in [5.74, 6) is 1.62. The van der Waals surface area contributed by atoms with Crippen molar-refractivity contribution >= 4 is 11.8 Å². The molecule has 1 N–H and O–H groups in total. The molecule has 0 spiro atoms. The van der Waals surface area contributed by atoms with Gasteiger partial charge in [-0.15, -0.1) is 0 Å². The number of anilines is 2. The van der Waals surface area contributed by atoms with Crippen LogP contribution in [0.2, 0.25) is 0 Å². The molecular weight excluding hydrogens is 164 g/mol. The van der Waals surface area contributed by atoms with E-state index in [2.05, 4.69) is 22.2 Å². The first-order valence-corrected chi connectivity index (χ1v) is 4.40. The molecule has 0 aromatic carbocycles. The van der Waals surface area contributed by atoms with Crippen molar-refractivity contribution in [1.29, 1.82) is 0 Å². The van der Waals surface area contributed by atoms with Gasteiger partial charge in [0.25, 0.3) is 0 Å². The largest absolute Gasteiger partial charge is 0.373 e. The number of hydrogen-bond acceptors (Lipinski definition) is 4. The Balaban J connectivity index is 3.07. The molecule has 0 saturated carbocycles. The molecule has 1 aromatic rings. The first-order valence-electron chi connectivity index (χ1n) is 4.40. The molecule has 0 amide bonds. The van der Waals surface area contributed by atoms with E-state index in [1.54, 1.807) is 0 Å². The third kappa shape index (κ3) is 2.31. The summed E-state index contributed by atoms with van der Waals surface area (Å²) in [4.78, 5) is 10.6. The zero-order valence-electron chi connectivity index (χ0n) is 8.63. The molecule has 4 nitrogen and oxygen atoms in total. The first kappa shape index (κ1) is 9.77. The van der Waals surface area contributed by atoms with Crippen LogP contribution in [0.25, 0.3) is 0 Å². The lowest BCUT2D eigenvalue weighted by Crippen LogP contribution is -2.14. The van der Waals surface area contributed by atoms with Crippen LogP contribution in [0.3, 0.4) is 0 Å². The predicted molar refractivity (Wildman–Crippen MR) is 55.3 cm³/mol. The monoisotopic (exact) mass is 180 g/mol. The lowest BCUT2D eigenvalue weighted by atomic mass is 10.3. The standard InChI is InChI=1S/C9H16N4/c1-5-7-6-8(10-2)12-9(11-7)13(3)4/h6H,5H2,1-4H3,(H,10,11,12). The van der Waals surface area contributed by atoms with Gasteiger partial charge in [-0.1, -0.05) is 6.92 Å². The summed E-state index contributed by atoms with van der Waals surface area (Å²) < 4.78 is 0. The highest BCUT2D eigenvalue weighted by Gasteiger charge is 2.03. The second-order valence-corrected chi connectivity index (χ2v) is 3.04. The summed E-state index contributed by atoms with van der Waals surface area (Å²) in [5, 5.41) is 3.02. The smallest absolute Gasteiger partial charge is 0.226 e. The molecule has 0 atom stereocenters. The fourth-order valence-corrected chi connectivity index (χ4v) is 0.993. The van der Waals surface area contributed by atoms with Crippen LogP contribution in [-0.2, 0) is 6.42 Å². The van der Waals surface area contributed by atoms with Crippen molar-refractivity contribution < 1.29 is 0 Å². The molecule has 0 aliphatic heterocycles. The van der Waals surface area contributed by atoms with Gasteiger partial charge >= 0.3 is 0 Å². The van der Waals surface area contributed by atoms with Crippen molar-refractivity contribution in [3.63, 3.8) is 0 Å². The maximum atomic E-state index is 4.37. The quantitative estimate of drug-likeness (QED) is 0.757. The Morgan fingerprint density at radius 3 is 2.54 bits per heavy atom. The van der Waals surface area contributed by atoms with E-state index in [-0.39, 0.29) is 0 Å². The van der Waals surface area contributed by atoms with Gasteiger partial charge in [-0.05, 0) is 6.42 Å². The number of aromatic nitrogens is 2. The third-order valence-electron chi connectivity index (χ3n) is 1.79. The minimum absolute atomic E-state index is 0.753. The molecule has 4 heteroatoms. The molecule has 1 aromatic heterocycles. The van der Waals surface area contributed by atoms with E-state index in [0.29, 0.717) is 0 Å². The Morgan fingerprint density at radius 1 is 1.38 bits per heavy atom. The van der Waals surface area contributed by atoms with E-state index in [4.69, 9.17) is 0 Å². The Hall–Kier alpha value is -1.32. The van der Waals surface area contributed by atoms with Crippen LogP contribution in [-0.4, -0.2) is 31.1 Å². The second kappa shape index (κ2) is 4.07. The molecule has 13 heavy (non-hydrogen) atoms. The minimum atomic E-state index is 0.753. The number of rotatable bonds is 3. The molecule has 0 radical (unpaired) electrons. The molecule has 0 saturated heterocycles. The van der Waals surface area contributed by atoms with Gasteiger partial charge in [-0.25, -0.2) is 4.98 Å². The van der Waals surface area contributed by atoms with Gasteiger partial charge in [0, 0.05) is 32.9 Å². The summed E-state index contributed by atoms with van der Waals surface area (Å²) in [6, 6.07) is 1.97. The highest BCUT2D eigenvalue weighted by molar-refractivity contribution is 5.42. The maximum Gasteiger partial charge on any atom is 0.226 e. The van der Waals surface area contributed by atoms with E-state index in [1.807, 2.05) is 32.1 Å². The Morgan fingerprint density at radius 2 is 2.08 bits per heavy atom. The van der Waals surface area contributed by atoms with Crippen molar-refractivity contribution in [2.24, 2.45) is 0 Å². The molecule has 1 heterocycles. The van der Waals surface area contributed by atoms with Crippen molar-refractivity contribution in [2.75, 3.05) is 31.4 Å². The average Bonchev–Trinajstić information content (AvgIpc) is 2.16. The van der Waals surface area contributed by atoms with Crippen LogP contribution in [0.15, 0.2) is 6.07 Å². The molecule has 0 unspecified atom stereocenters. The van der Waals surface area contributed by atoms with Crippen molar-refractivity contribution in [1.82, 2.24) is 9.97 Å². The van der Waals surface area contributed by atoms with E-state index < -0.39 is 0 Å². The zero-order valence-corrected chi connectivity index (χ0v) is 8.63. The minimum Gasteiger partial charge on any atom is -0.373 e. The highest BCUT2D eigenvalue weighted by Crippen LogP contribution is 2.11. The number of aryl methyl sites for hydroxylation is 1. The topological polar surface area (TPSA) is 41.1 Å². The fraction of sp³-hybridized carbons (Fsp3) is 0.556. The van der Waals surface area contributed by atoms with E-state index >= 15 is 0 Å². The molecule has 0 bridgehead atoms. The van der Waals surface area contributed by atoms with E-state index in [9.17, 15) is 0 Å². The van der Waals surface area contributed by atoms with E-state index in [1.165, 1.54) is 0 Å². The Bertz CT molecular complexity index is 261.